The van der Waals surface area contributed by atoms with Gasteiger partial charge in [-0.1, -0.05) is 29.6 Å². The molecule has 3 rings (SSSR count). The van der Waals surface area contributed by atoms with E-state index in [-0.39, 0.29) is 10.6 Å². The van der Waals surface area contributed by atoms with Crippen molar-refractivity contribution in [1.29, 1.82) is 0 Å². The van der Waals surface area contributed by atoms with Crippen LogP contribution >= 0.6 is 11.6 Å². The van der Waals surface area contributed by atoms with Gasteiger partial charge in [-0.15, -0.1) is 0 Å². The maximum Gasteiger partial charge on any atom is 0.228 e. The number of benzene rings is 1. The SMILES string of the molecule is NC1(Cc2nc(-c3ccc(F)c(Cl)c3)no2)CCCC1. The monoisotopic (exact) mass is 295 g/mol. The van der Waals surface area contributed by atoms with Gasteiger partial charge in [0.05, 0.1) is 5.02 Å². The molecular formula is C14H15ClFN3O. The molecule has 1 heterocycles. The average molecular weight is 296 g/mol. The van der Waals surface area contributed by atoms with E-state index in [1.54, 1.807) is 6.07 Å². The van der Waals surface area contributed by atoms with E-state index in [9.17, 15) is 4.39 Å². The summed E-state index contributed by atoms with van der Waals surface area (Å²) in [7, 11) is 0. The van der Waals surface area contributed by atoms with Crippen LogP contribution in [0, 0.1) is 5.82 Å². The fraction of sp³-hybridized carbons (Fsp3) is 0.429. The molecule has 1 fully saturated rings. The van der Waals surface area contributed by atoms with Crippen LogP contribution < -0.4 is 5.73 Å². The van der Waals surface area contributed by atoms with Crippen molar-refractivity contribution in [2.24, 2.45) is 5.73 Å². The summed E-state index contributed by atoms with van der Waals surface area (Å²) in [6, 6.07) is 4.35. The Hall–Kier alpha value is -1.46. The molecule has 0 amide bonds. The molecule has 1 aromatic heterocycles. The third kappa shape index (κ3) is 2.69. The molecular weight excluding hydrogens is 281 g/mol. The standard InChI is InChI=1S/C14H15ClFN3O/c15-10-7-9(3-4-11(10)16)13-18-12(20-19-13)8-14(17)5-1-2-6-14/h3-4,7H,1-2,5-6,8,17H2. The number of aromatic nitrogens is 2. The second-order valence-corrected chi connectivity index (χ2v) is 5.79. The number of hydrogen-bond acceptors (Lipinski definition) is 4. The highest BCUT2D eigenvalue weighted by molar-refractivity contribution is 6.31. The normalized spacial score (nSPS) is 17.6. The molecule has 1 aromatic carbocycles. The van der Waals surface area contributed by atoms with E-state index in [1.165, 1.54) is 12.1 Å². The Morgan fingerprint density at radius 2 is 2.10 bits per heavy atom. The zero-order valence-electron chi connectivity index (χ0n) is 10.9. The van der Waals surface area contributed by atoms with Crippen LogP contribution in [-0.2, 0) is 6.42 Å². The van der Waals surface area contributed by atoms with Gasteiger partial charge < -0.3 is 10.3 Å². The molecule has 0 bridgehead atoms. The summed E-state index contributed by atoms with van der Waals surface area (Å²) in [6.07, 6.45) is 4.82. The summed E-state index contributed by atoms with van der Waals surface area (Å²) < 4.78 is 18.4. The van der Waals surface area contributed by atoms with Gasteiger partial charge in [-0.2, -0.15) is 4.98 Å². The lowest BCUT2D eigenvalue weighted by molar-refractivity contribution is 0.329. The molecule has 0 atom stereocenters. The minimum Gasteiger partial charge on any atom is -0.339 e. The molecule has 2 N–H and O–H groups in total. The van der Waals surface area contributed by atoms with E-state index in [4.69, 9.17) is 21.9 Å². The van der Waals surface area contributed by atoms with Crippen LogP contribution in [0.1, 0.15) is 31.6 Å². The Bertz CT molecular complexity index is 623. The van der Waals surface area contributed by atoms with E-state index in [0.29, 0.717) is 23.7 Å². The maximum absolute atomic E-state index is 13.1. The van der Waals surface area contributed by atoms with E-state index in [1.807, 2.05) is 0 Å². The van der Waals surface area contributed by atoms with Crippen LogP contribution in [0.5, 0.6) is 0 Å². The third-order valence-corrected chi connectivity index (χ3v) is 4.04. The number of nitrogens with two attached hydrogens (primary N) is 1. The summed E-state index contributed by atoms with van der Waals surface area (Å²) >= 11 is 5.75. The Morgan fingerprint density at radius 3 is 2.80 bits per heavy atom. The lowest BCUT2D eigenvalue weighted by Crippen LogP contribution is -2.38. The fourth-order valence-corrected chi connectivity index (χ4v) is 2.82. The van der Waals surface area contributed by atoms with Crippen molar-refractivity contribution in [2.75, 3.05) is 0 Å². The summed E-state index contributed by atoms with van der Waals surface area (Å²) in [5.41, 5.74) is 6.68. The number of rotatable bonds is 3. The van der Waals surface area contributed by atoms with Gasteiger partial charge in [-0.25, -0.2) is 4.39 Å². The zero-order valence-corrected chi connectivity index (χ0v) is 11.7. The van der Waals surface area contributed by atoms with Crippen molar-refractivity contribution in [2.45, 2.75) is 37.6 Å². The third-order valence-electron chi connectivity index (χ3n) is 3.75. The van der Waals surface area contributed by atoms with Crippen molar-refractivity contribution < 1.29 is 8.91 Å². The van der Waals surface area contributed by atoms with E-state index in [0.717, 1.165) is 25.7 Å². The van der Waals surface area contributed by atoms with Crippen LogP contribution in [-0.4, -0.2) is 15.7 Å². The van der Waals surface area contributed by atoms with Crippen molar-refractivity contribution in [3.63, 3.8) is 0 Å². The highest BCUT2D eigenvalue weighted by Gasteiger charge is 2.31. The molecule has 4 nitrogen and oxygen atoms in total. The zero-order chi connectivity index (χ0) is 14.2. The van der Waals surface area contributed by atoms with Crippen molar-refractivity contribution in [3.8, 4) is 11.4 Å². The largest absolute Gasteiger partial charge is 0.339 e. The van der Waals surface area contributed by atoms with Crippen LogP contribution in [0.2, 0.25) is 5.02 Å². The van der Waals surface area contributed by atoms with E-state index >= 15 is 0 Å². The molecule has 6 heteroatoms. The molecule has 0 radical (unpaired) electrons. The minimum atomic E-state index is -0.467. The molecule has 0 aliphatic heterocycles. The smallest absolute Gasteiger partial charge is 0.228 e. The predicted octanol–water partition coefficient (Wildman–Crippen LogP) is 3.34. The van der Waals surface area contributed by atoms with Crippen LogP contribution in [0.3, 0.4) is 0 Å². The minimum absolute atomic E-state index is 0.0416. The molecule has 1 aliphatic carbocycles. The Labute approximate surface area is 121 Å². The maximum atomic E-state index is 13.1. The summed E-state index contributed by atoms with van der Waals surface area (Å²) in [5, 5.41) is 3.95. The molecule has 1 saturated carbocycles. The second kappa shape index (κ2) is 5.14. The molecule has 0 spiro atoms. The molecule has 20 heavy (non-hydrogen) atoms. The lowest BCUT2D eigenvalue weighted by atomic mass is 9.95. The summed E-state index contributed by atoms with van der Waals surface area (Å²) in [6.45, 7) is 0. The lowest BCUT2D eigenvalue weighted by Gasteiger charge is -2.20. The van der Waals surface area contributed by atoms with Gasteiger partial charge in [-0.3, -0.25) is 0 Å². The van der Waals surface area contributed by atoms with Gasteiger partial charge >= 0.3 is 0 Å². The Balaban J connectivity index is 1.81. The van der Waals surface area contributed by atoms with E-state index in [2.05, 4.69) is 10.1 Å². The van der Waals surface area contributed by atoms with Gasteiger partial charge in [0, 0.05) is 17.5 Å². The molecule has 0 saturated heterocycles. The molecule has 2 aromatic rings. The van der Waals surface area contributed by atoms with Crippen LogP contribution in [0.4, 0.5) is 4.39 Å². The van der Waals surface area contributed by atoms with Gasteiger partial charge in [0.15, 0.2) is 0 Å². The predicted molar refractivity (Wildman–Crippen MR) is 73.8 cm³/mol. The highest BCUT2D eigenvalue weighted by atomic mass is 35.5. The van der Waals surface area contributed by atoms with Gasteiger partial charge in [-0.05, 0) is 31.0 Å². The van der Waals surface area contributed by atoms with Crippen LogP contribution in [0.25, 0.3) is 11.4 Å². The number of nitrogens with zero attached hydrogens (tertiary/aromatic N) is 2. The topological polar surface area (TPSA) is 64.9 Å². The number of halogens is 2. The van der Waals surface area contributed by atoms with Gasteiger partial charge in [0.25, 0.3) is 0 Å². The molecule has 106 valence electrons. The first-order valence-electron chi connectivity index (χ1n) is 6.63. The summed E-state index contributed by atoms with van der Waals surface area (Å²) in [4.78, 5) is 4.32. The Morgan fingerprint density at radius 1 is 1.35 bits per heavy atom. The fourth-order valence-electron chi connectivity index (χ4n) is 2.64. The summed E-state index contributed by atoms with van der Waals surface area (Å²) in [5.74, 6) is 0.458. The number of hydrogen-bond donors (Lipinski definition) is 1. The van der Waals surface area contributed by atoms with Gasteiger partial charge in [0.2, 0.25) is 11.7 Å². The quantitative estimate of drug-likeness (QED) is 0.943. The first kappa shape index (κ1) is 13.5. The first-order chi connectivity index (χ1) is 9.56. The second-order valence-electron chi connectivity index (χ2n) is 5.39. The first-order valence-corrected chi connectivity index (χ1v) is 7.00. The van der Waals surface area contributed by atoms with Gasteiger partial charge in [0.1, 0.15) is 5.82 Å². The highest BCUT2D eigenvalue weighted by Crippen LogP contribution is 2.30. The van der Waals surface area contributed by atoms with Crippen molar-refractivity contribution in [1.82, 2.24) is 10.1 Å². The average Bonchev–Trinajstić information content (AvgIpc) is 3.03. The van der Waals surface area contributed by atoms with Crippen molar-refractivity contribution >= 4 is 11.6 Å². The Kier molecular flexibility index (Phi) is 3.48. The van der Waals surface area contributed by atoms with Crippen LogP contribution in [0.15, 0.2) is 22.7 Å². The molecule has 1 aliphatic rings. The molecule has 0 unspecified atom stereocenters. The van der Waals surface area contributed by atoms with Crippen molar-refractivity contribution in [3.05, 3.63) is 34.9 Å². The van der Waals surface area contributed by atoms with E-state index < -0.39 is 5.82 Å².